The third-order valence-electron chi connectivity index (χ3n) is 2.97. The van der Waals surface area contributed by atoms with E-state index in [4.69, 9.17) is 4.74 Å². The van der Waals surface area contributed by atoms with Crippen LogP contribution in [0, 0.1) is 0 Å². The average molecular weight is 294 g/mol. The van der Waals surface area contributed by atoms with E-state index in [1.165, 1.54) is 0 Å². The Labute approximate surface area is 118 Å². The van der Waals surface area contributed by atoms with E-state index in [-0.39, 0.29) is 23.9 Å². The summed E-state index contributed by atoms with van der Waals surface area (Å²) in [5.74, 6) is 1.02. The van der Waals surface area contributed by atoms with Gasteiger partial charge in [0.15, 0.2) is 9.84 Å². The van der Waals surface area contributed by atoms with Crippen LogP contribution in [0.15, 0.2) is 36.4 Å². The first-order valence-corrected chi connectivity index (χ1v) is 8.38. The second-order valence-electron chi connectivity index (χ2n) is 4.69. The second-order valence-corrected chi connectivity index (χ2v) is 7.00. The van der Waals surface area contributed by atoms with Crippen molar-refractivity contribution in [2.24, 2.45) is 0 Å². The number of rotatable bonds is 6. The van der Waals surface area contributed by atoms with Crippen LogP contribution in [0.4, 0.5) is 0 Å². The molecule has 0 radical (unpaired) electrons. The number of hydrogen-bond acceptors (Lipinski definition) is 4. The van der Waals surface area contributed by atoms with Crippen molar-refractivity contribution in [3.8, 4) is 11.5 Å². The van der Waals surface area contributed by atoms with Gasteiger partial charge < -0.3 is 9.84 Å². The predicted octanol–water partition coefficient (Wildman–Crippen LogP) is 2.75. The molecule has 2 aromatic carbocycles. The summed E-state index contributed by atoms with van der Waals surface area (Å²) in [7, 11) is -3.02. The molecule has 0 unspecified atom stereocenters. The Morgan fingerprint density at radius 2 is 1.80 bits per heavy atom. The van der Waals surface area contributed by atoms with E-state index < -0.39 is 9.84 Å². The second kappa shape index (κ2) is 6.13. The van der Waals surface area contributed by atoms with Gasteiger partial charge in [-0.2, -0.15) is 0 Å². The molecule has 0 spiro atoms. The Hall–Kier alpha value is -1.75. The van der Waals surface area contributed by atoms with Crippen LogP contribution in [0.3, 0.4) is 0 Å². The zero-order valence-corrected chi connectivity index (χ0v) is 12.2. The Kier molecular flexibility index (Phi) is 4.49. The maximum atomic E-state index is 11.6. The molecule has 0 bridgehead atoms. The summed E-state index contributed by atoms with van der Waals surface area (Å²) in [4.78, 5) is 0. The van der Waals surface area contributed by atoms with E-state index in [0.29, 0.717) is 12.2 Å². The van der Waals surface area contributed by atoms with E-state index in [9.17, 15) is 13.5 Å². The number of phenols is 1. The highest BCUT2D eigenvalue weighted by Gasteiger charge is 2.09. The first kappa shape index (κ1) is 14.7. The van der Waals surface area contributed by atoms with Crippen molar-refractivity contribution < 1.29 is 18.3 Å². The highest BCUT2D eigenvalue weighted by atomic mass is 32.2. The standard InChI is InChI=1S/C15H18O4S/c1-2-8-20(17,18)9-7-19-15-6-4-12-3-5-14(16)10-13(12)11-15/h3-6,10-11,16H,2,7-9H2,1H3. The van der Waals surface area contributed by atoms with E-state index in [0.717, 1.165) is 10.8 Å². The maximum absolute atomic E-state index is 11.6. The van der Waals surface area contributed by atoms with Crippen LogP contribution in [0.1, 0.15) is 13.3 Å². The Bertz CT molecular complexity index is 692. The number of phenolic OH excluding ortho intramolecular Hbond substituents is 1. The highest BCUT2D eigenvalue weighted by Crippen LogP contribution is 2.24. The van der Waals surface area contributed by atoms with E-state index in [2.05, 4.69) is 0 Å². The number of benzene rings is 2. The summed E-state index contributed by atoms with van der Waals surface area (Å²) in [6.45, 7) is 1.99. The van der Waals surface area contributed by atoms with Crippen molar-refractivity contribution in [3.63, 3.8) is 0 Å². The minimum absolute atomic E-state index is 0.0267. The summed E-state index contributed by atoms with van der Waals surface area (Å²) >= 11 is 0. The van der Waals surface area contributed by atoms with Gasteiger partial charge >= 0.3 is 0 Å². The van der Waals surface area contributed by atoms with Gasteiger partial charge in [-0.1, -0.05) is 19.1 Å². The lowest BCUT2D eigenvalue weighted by Crippen LogP contribution is -2.16. The molecule has 0 aliphatic heterocycles. The summed E-state index contributed by atoms with van der Waals surface area (Å²) in [6.07, 6.45) is 0.623. The fraction of sp³-hybridized carbons (Fsp3) is 0.333. The molecule has 108 valence electrons. The predicted molar refractivity (Wildman–Crippen MR) is 80.1 cm³/mol. The molecule has 0 amide bonds. The molecular weight excluding hydrogens is 276 g/mol. The van der Waals surface area contributed by atoms with Gasteiger partial charge in [0.2, 0.25) is 0 Å². The molecule has 0 saturated carbocycles. The molecule has 0 saturated heterocycles. The van der Waals surface area contributed by atoms with Crippen molar-refractivity contribution in [3.05, 3.63) is 36.4 Å². The molecular formula is C15H18O4S. The van der Waals surface area contributed by atoms with E-state index >= 15 is 0 Å². The summed E-state index contributed by atoms with van der Waals surface area (Å²) in [5.41, 5.74) is 0. The lowest BCUT2D eigenvalue weighted by Gasteiger charge is -2.08. The molecule has 5 heteroatoms. The largest absolute Gasteiger partial charge is 0.508 e. The average Bonchev–Trinajstić information content (AvgIpc) is 2.38. The van der Waals surface area contributed by atoms with Gasteiger partial charge in [0.25, 0.3) is 0 Å². The lowest BCUT2D eigenvalue weighted by atomic mass is 10.1. The number of aromatic hydroxyl groups is 1. The molecule has 0 aliphatic rings. The van der Waals surface area contributed by atoms with Gasteiger partial charge in [0, 0.05) is 0 Å². The molecule has 0 atom stereocenters. The molecule has 0 fully saturated rings. The lowest BCUT2D eigenvalue weighted by molar-refractivity contribution is 0.341. The Morgan fingerprint density at radius 3 is 2.55 bits per heavy atom. The van der Waals surface area contributed by atoms with Crippen LogP contribution in [0.2, 0.25) is 0 Å². The van der Waals surface area contributed by atoms with Crippen molar-refractivity contribution in [2.75, 3.05) is 18.1 Å². The fourth-order valence-electron chi connectivity index (χ4n) is 2.00. The van der Waals surface area contributed by atoms with Crippen LogP contribution in [0.5, 0.6) is 11.5 Å². The zero-order chi connectivity index (χ0) is 14.6. The van der Waals surface area contributed by atoms with Gasteiger partial charge in [-0.15, -0.1) is 0 Å². The highest BCUT2D eigenvalue weighted by molar-refractivity contribution is 7.91. The van der Waals surface area contributed by atoms with Crippen LogP contribution >= 0.6 is 0 Å². The van der Waals surface area contributed by atoms with Crippen LogP contribution < -0.4 is 4.74 Å². The fourth-order valence-corrected chi connectivity index (χ4v) is 3.16. The monoisotopic (exact) mass is 294 g/mol. The topological polar surface area (TPSA) is 63.6 Å². The van der Waals surface area contributed by atoms with Crippen molar-refractivity contribution in [2.45, 2.75) is 13.3 Å². The minimum atomic E-state index is -3.02. The molecule has 0 aliphatic carbocycles. The number of fused-ring (bicyclic) bond motifs is 1. The van der Waals surface area contributed by atoms with Gasteiger partial charge in [0.05, 0.1) is 11.5 Å². The zero-order valence-electron chi connectivity index (χ0n) is 11.4. The smallest absolute Gasteiger partial charge is 0.153 e. The number of ether oxygens (including phenoxy) is 1. The minimum Gasteiger partial charge on any atom is -0.508 e. The van der Waals surface area contributed by atoms with Gasteiger partial charge in [-0.3, -0.25) is 0 Å². The normalized spacial score (nSPS) is 11.7. The SMILES string of the molecule is CCCS(=O)(=O)CCOc1ccc2ccc(O)cc2c1. The van der Waals surface area contributed by atoms with Crippen LogP contribution in [-0.4, -0.2) is 31.6 Å². The molecule has 4 nitrogen and oxygen atoms in total. The number of sulfone groups is 1. The first-order valence-electron chi connectivity index (χ1n) is 6.56. The van der Waals surface area contributed by atoms with Crippen molar-refractivity contribution in [1.29, 1.82) is 0 Å². The number of hydrogen-bond donors (Lipinski definition) is 1. The quantitative estimate of drug-likeness (QED) is 0.889. The van der Waals surface area contributed by atoms with Crippen molar-refractivity contribution >= 4 is 20.6 Å². The van der Waals surface area contributed by atoms with Crippen LogP contribution in [0.25, 0.3) is 10.8 Å². The van der Waals surface area contributed by atoms with Gasteiger partial charge in [0.1, 0.15) is 18.1 Å². The van der Waals surface area contributed by atoms with Crippen molar-refractivity contribution in [1.82, 2.24) is 0 Å². The molecule has 1 N–H and O–H groups in total. The van der Waals surface area contributed by atoms with Crippen LogP contribution in [-0.2, 0) is 9.84 Å². The molecule has 0 heterocycles. The van der Waals surface area contributed by atoms with Gasteiger partial charge in [-0.05, 0) is 41.5 Å². The Balaban J connectivity index is 2.03. The van der Waals surface area contributed by atoms with E-state index in [1.807, 2.05) is 19.1 Å². The molecule has 20 heavy (non-hydrogen) atoms. The third kappa shape index (κ3) is 3.87. The maximum Gasteiger partial charge on any atom is 0.153 e. The summed E-state index contributed by atoms with van der Waals surface area (Å²) < 4.78 is 28.6. The molecule has 2 rings (SSSR count). The van der Waals surface area contributed by atoms with Gasteiger partial charge in [-0.25, -0.2) is 8.42 Å². The van der Waals surface area contributed by atoms with E-state index in [1.54, 1.807) is 24.3 Å². The molecule has 2 aromatic rings. The summed E-state index contributed by atoms with van der Waals surface area (Å²) in [5, 5.41) is 11.3. The third-order valence-corrected chi connectivity index (χ3v) is 4.79. The summed E-state index contributed by atoms with van der Waals surface area (Å²) in [6, 6.07) is 10.6. The first-order chi connectivity index (χ1) is 9.50. The Morgan fingerprint density at radius 1 is 1.05 bits per heavy atom. The molecule has 0 aromatic heterocycles.